The molecule has 2 aromatic rings. The number of rotatable bonds is 5. The van der Waals surface area contributed by atoms with Crippen LogP contribution in [0.5, 0.6) is 0 Å². The number of cyclic esters (lactones) is 1. The van der Waals surface area contributed by atoms with Crippen molar-refractivity contribution in [2.45, 2.75) is 30.1 Å². The number of thioether (sulfide) groups is 1. The largest absolute Gasteiger partial charge is 0.463 e. The molecule has 1 fully saturated rings. The van der Waals surface area contributed by atoms with Crippen molar-refractivity contribution >= 4 is 23.7 Å². The second-order valence-corrected chi connectivity index (χ2v) is 6.08. The standard InChI is InChI=1S/C16H15NO5S/c1-10-8-11(17-22-10)9-23-14-5-3-2-4-12(14)15(18)21-13-6-7-20-16(13)19/h2-5,8,13H,6-7,9H2,1H3/t13-/m0/s1. The first kappa shape index (κ1) is 15.6. The summed E-state index contributed by atoms with van der Waals surface area (Å²) in [6, 6.07) is 8.97. The zero-order valence-electron chi connectivity index (χ0n) is 12.5. The Hall–Kier alpha value is -2.28. The summed E-state index contributed by atoms with van der Waals surface area (Å²) in [5.74, 6) is 0.315. The second-order valence-electron chi connectivity index (χ2n) is 5.06. The molecular formula is C16H15NO5S. The molecule has 23 heavy (non-hydrogen) atoms. The van der Waals surface area contributed by atoms with Crippen molar-refractivity contribution in [1.82, 2.24) is 5.16 Å². The SMILES string of the molecule is Cc1cc(CSc2ccccc2C(=O)O[C@H]2CCOC2=O)no1. The Kier molecular flexibility index (Phi) is 4.66. The van der Waals surface area contributed by atoms with E-state index in [2.05, 4.69) is 5.16 Å². The Morgan fingerprint density at radius 2 is 2.26 bits per heavy atom. The number of aryl methyl sites for hydroxylation is 1. The average molecular weight is 333 g/mol. The third-order valence-corrected chi connectivity index (χ3v) is 4.40. The van der Waals surface area contributed by atoms with Crippen LogP contribution in [-0.2, 0) is 20.0 Å². The number of aromatic nitrogens is 1. The van der Waals surface area contributed by atoms with Crippen LogP contribution in [0.2, 0.25) is 0 Å². The van der Waals surface area contributed by atoms with Gasteiger partial charge in [-0.15, -0.1) is 11.8 Å². The lowest BCUT2D eigenvalue weighted by molar-refractivity contribution is -0.145. The number of hydrogen-bond acceptors (Lipinski definition) is 7. The van der Waals surface area contributed by atoms with E-state index in [1.807, 2.05) is 25.1 Å². The first-order valence-corrected chi connectivity index (χ1v) is 8.13. The van der Waals surface area contributed by atoms with Crippen molar-refractivity contribution in [3.8, 4) is 0 Å². The van der Waals surface area contributed by atoms with Crippen LogP contribution in [0.15, 0.2) is 39.8 Å². The van der Waals surface area contributed by atoms with Gasteiger partial charge in [0, 0.05) is 23.1 Å². The van der Waals surface area contributed by atoms with Gasteiger partial charge in [-0.1, -0.05) is 17.3 Å². The van der Waals surface area contributed by atoms with Gasteiger partial charge in [0.05, 0.1) is 17.9 Å². The van der Waals surface area contributed by atoms with Gasteiger partial charge in [0.2, 0.25) is 6.10 Å². The molecule has 0 spiro atoms. The molecule has 0 bridgehead atoms. The van der Waals surface area contributed by atoms with Gasteiger partial charge < -0.3 is 14.0 Å². The number of carbonyl (C=O) groups excluding carboxylic acids is 2. The van der Waals surface area contributed by atoms with Gasteiger partial charge in [-0.25, -0.2) is 9.59 Å². The smallest absolute Gasteiger partial charge is 0.347 e. The number of nitrogens with zero attached hydrogens (tertiary/aromatic N) is 1. The van der Waals surface area contributed by atoms with E-state index in [0.29, 0.717) is 24.3 Å². The van der Waals surface area contributed by atoms with Gasteiger partial charge in [0.25, 0.3) is 0 Å². The topological polar surface area (TPSA) is 78.6 Å². The molecule has 1 aliphatic rings. The fraction of sp³-hybridized carbons (Fsp3) is 0.312. The Morgan fingerprint density at radius 3 is 2.96 bits per heavy atom. The number of ether oxygens (including phenoxy) is 2. The second kappa shape index (κ2) is 6.87. The fourth-order valence-corrected chi connectivity index (χ4v) is 3.10. The predicted octanol–water partition coefficient (Wildman–Crippen LogP) is 2.75. The van der Waals surface area contributed by atoms with E-state index < -0.39 is 18.0 Å². The molecular weight excluding hydrogens is 318 g/mol. The number of hydrogen-bond donors (Lipinski definition) is 0. The lowest BCUT2D eigenvalue weighted by Crippen LogP contribution is -2.23. The van der Waals surface area contributed by atoms with E-state index in [0.717, 1.165) is 16.3 Å². The maximum Gasteiger partial charge on any atom is 0.347 e. The van der Waals surface area contributed by atoms with E-state index in [9.17, 15) is 9.59 Å². The molecule has 1 aromatic heterocycles. The molecule has 6 nitrogen and oxygen atoms in total. The minimum atomic E-state index is -0.807. The van der Waals surface area contributed by atoms with Crippen LogP contribution in [0.3, 0.4) is 0 Å². The number of carbonyl (C=O) groups is 2. The van der Waals surface area contributed by atoms with Gasteiger partial charge in [-0.3, -0.25) is 0 Å². The highest BCUT2D eigenvalue weighted by Gasteiger charge is 2.31. The molecule has 120 valence electrons. The number of benzene rings is 1. The van der Waals surface area contributed by atoms with E-state index in [-0.39, 0.29) is 0 Å². The summed E-state index contributed by atoms with van der Waals surface area (Å²) in [4.78, 5) is 24.5. The average Bonchev–Trinajstić information content (AvgIpc) is 3.14. The van der Waals surface area contributed by atoms with Crippen LogP contribution in [0.1, 0.15) is 28.2 Å². The molecule has 1 aliphatic heterocycles. The molecule has 1 atom stereocenters. The third kappa shape index (κ3) is 3.73. The Morgan fingerprint density at radius 1 is 1.43 bits per heavy atom. The van der Waals surface area contributed by atoms with Crippen LogP contribution in [0.25, 0.3) is 0 Å². The summed E-state index contributed by atoms with van der Waals surface area (Å²) in [5, 5.41) is 3.93. The zero-order valence-corrected chi connectivity index (χ0v) is 13.3. The number of esters is 2. The maximum absolute atomic E-state index is 12.3. The van der Waals surface area contributed by atoms with E-state index in [4.69, 9.17) is 14.0 Å². The summed E-state index contributed by atoms with van der Waals surface area (Å²) in [6.07, 6.45) is -0.406. The highest BCUT2D eigenvalue weighted by molar-refractivity contribution is 7.98. The normalized spacial score (nSPS) is 17.1. The molecule has 0 radical (unpaired) electrons. The summed E-state index contributed by atoms with van der Waals surface area (Å²) in [6.45, 7) is 2.12. The Balaban J connectivity index is 1.69. The molecule has 0 N–H and O–H groups in total. The molecule has 3 rings (SSSR count). The molecule has 1 aromatic carbocycles. The van der Waals surface area contributed by atoms with Crippen LogP contribution in [-0.4, -0.2) is 29.8 Å². The molecule has 0 unspecified atom stereocenters. The molecule has 0 saturated carbocycles. The summed E-state index contributed by atoms with van der Waals surface area (Å²) in [5.41, 5.74) is 1.23. The molecule has 2 heterocycles. The Bertz CT molecular complexity index is 727. The third-order valence-electron chi connectivity index (χ3n) is 3.30. The van der Waals surface area contributed by atoms with Crippen LogP contribution >= 0.6 is 11.8 Å². The predicted molar refractivity (Wildman–Crippen MR) is 82.0 cm³/mol. The summed E-state index contributed by atoms with van der Waals surface area (Å²) < 4.78 is 15.1. The monoisotopic (exact) mass is 333 g/mol. The molecule has 0 amide bonds. The van der Waals surface area contributed by atoms with E-state index in [1.165, 1.54) is 11.8 Å². The van der Waals surface area contributed by atoms with Crippen molar-refractivity contribution in [2.75, 3.05) is 6.61 Å². The van der Waals surface area contributed by atoms with Crippen LogP contribution in [0, 0.1) is 6.92 Å². The zero-order chi connectivity index (χ0) is 16.2. The van der Waals surface area contributed by atoms with Crippen LogP contribution < -0.4 is 0 Å². The van der Waals surface area contributed by atoms with E-state index >= 15 is 0 Å². The van der Waals surface area contributed by atoms with E-state index in [1.54, 1.807) is 12.1 Å². The summed E-state index contributed by atoms with van der Waals surface area (Å²) in [7, 11) is 0. The first-order valence-electron chi connectivity index (χ1n) is 7.15. The van der Waals surface area contributed by atoms with Crippen LogP contribution in [0.4, 0.5) is 0 Å². The van der Waals surface area contributed by atoms with Gasteiger partial charge in [-0.2, -0.15) is 0 Å². The highest BCUT2D eigenvalue weighted by atomic mass is 32.2. The Labute approximate surface area is 137 Å². The van der Waals surface area contributed by atoms with Gasteiger partial charge in [0.15, 0.2) is 0 Å². The van der Waals surface area contributed by atoms with Crippen molar-refractivity contribution in [1.29, 1.82) is 0 Å². The first-order chi connectivity index (χ1) is 11.1. The van der Waals surface area contributed by atoms with Crippen molar-refractivity contribution in [3.63, 3.8) is 0 Å². The molecule has 7 heteroatoms. The van der Waals surface area contributed by atoms with Crippen molar-refractivity contribution in [2.24, 2.45) is 0 Å². The lowest BCUT2D eigenvalue weighted by Gasteiger charge is -2.11. The van der Waals surface area contributed by atoms with Gasteiger partial charge in [0.1, 0.15) is 5.76 Å². The quantitative estimate of drug-likeness (QED) is 0.615. The maximum atomic E-state index is 12.3. The van der Waals surface area contributed by atoms with Gasteiger partial charge >= 0.3 is 11.9 Å². The summed E-state index contributed by atoms with van der Waals surface area (Å²) >= 11 is 1.46. The fourth-order valence-electron chi connectivity index (χ4n) is 2.18. The van der Waals surface area contributed by atoms with Gasteiger partial charge in [-0.05, 0) is 19.1 Å². The highest BCUT2D eigenvalue weighted by Crippen LogP contribution is 2.27. The minimum absolute atomic E-state index is 0.290. The molecule has 1 saturated heterocycles. The van der Waals surface area contributed by atoms with Crippen molar-refractivity contribution in [3.05, 3.63) is 47.3 Å². The lowest BCUT2D eigenvalue weighted by atomic mass is 10.2. The minimum Gasteiger partial charge on any atom is -0.463 e. The molecule has 0 aliphatic carbocycles. The van der Waals surface area contributed by atoms with Crippen molar-refractivity contribution < 1.29 is 23.6 Å².